The van der Waals surface area contributed by atoms with E-state index in [0.717, 1.165) is 30.4 Å². The molecule has 0 saturated heterocycles. The van der Waals surface area contributed by atoms with Crippen molar-refractivity contribution in [3.8, 4) is 0 Å². The van der Waals surface area contributed by atoms with Gasteiger partial charge in [-0.25, -0.2) is 0 Å². The third-order valence-corrected chi connectivity index (χ3v) is 3.13. The molecule has 1 aromatic heterocycles. The number of nitrogens with two attached hydrogens (primary N) is 1. The largest absolute Gasteiger partial charge is 0.384 e. The first-order valence-corrected chi connectivity index (χ1v) is 4.84. The minimum absolute atomic E-state index is 0.258. The number of aliphatic hydroxyl groups is 1. The summed E-state index contributed by atoms with van der Waals surface area (Å²) in [6, 6.07) is 0. The summed E-state index contributed by atoms with van der Waals surface area (Å²) in [6.45, 7) is 0.258. The molecule has 0 aliphatic heterocycles. The van der Waals surface area contributed by atoms with Gasteiger partial charge in [0.25, 0.3) is 0 Å². The molecule has 4 heteroatoms. The molecule has 0 radical (unpaired) electrons. The van der Waals surface area contributed by atoms with E-state index in [4.69, 9.17) is 17.3 Å². The summed E-state index contributed by atoms with van der Waals surface area (Å²) in [6.07, 6.45) is 4.37. The SMILES string of the molecule is NCC1(O)CCCc2c1c[nH]c2Cl. The Morgan fingerprint density at radius 2 is 2.46 bits per heavy atom. The number of fused-ring (bicyclic) bond motifs is 1. The molecule has 3 nitrogen and oxygen atoms in total. The van der Waals surface area contributed by atoms with Crippen LogP contribution in [0.1, 0.15) is 24.0 Å². The molecule has 1 atom stereocenters. The molecule has 1 unspecified atom stereocenters. The topological polar surface area (TPSA) is 62.0 Å². The highest BCUT2D eigenvalue weighted by Gasteiger charge is 2.34. The lowest BCUT2D eigenvalue weighted by Crippen LogP contribution is -2.37. The predicted octanol–water partition coefficient (Wildman–Crippen LogP) is 1.15. The number of aromatic nitrogens is 1. The molecule has 1 heterocycles. The van der Waals surface area contributed by atoms with Crippen molar-refractivity contribution in [3.05, 3.63) is 22.5 Å². The molecule has 1 aromatic rings. The van der Waals surface area contributed by atoms with E-state index in [2.05, 4.69) is 4.98 Å². The van der Waals surface area contributed by atoms with Gasteiger partial charge in [-0.15, -0.1) is 0 Å². The van der Waals surface area contributed by atoms with Gasteiger partial charge in [0.05, 0.1) is 0 Å². The van der Waals surface area contributed by atoms with Crippen LogP contribution in [0.4, 0.5) is 0 Å². The predicted molar refractivity (Wildman–Crippen MR) is 51.7 cm³/mol. The van der Waals surface area contributed by atoms with Crippen molar-refractivity contribution in [1.82, 2.24) is 4.98 Å². The molecule has 4 N–H and O–H groups in total. The molecule has 0 spiro atoms. The molecule has 0 bridgehead atoms. The maximum Gasteiger partial charge on any atom is 0.109 e. The fraction of sp³-hybridized carbons (Fsp3) is 0.556. The number of aromatic amines is 1. The number of nitrogens with one attached hydrogen (secondary N) is 1. The van der Waals surface area contributed by atoms with Crippen LogP contribution in [0.25, 0.3) is 0 Å². The van der Waals surface area contributed by atoms with Gasteiger partial charge in [0, 0.05) is 18.3 Å². The average molecular weight is 201 g/mol. The van der Waals surface area contributed by atoms with Crippen LogP contribution in [0.15, 0.2) is 6.20 Å². The second-order valence-electron chi connectivity index (χ2n) is 3.58. The monoisotopic (exact) mass is 200 g/mol. The molecular formula is C9H13ClN2O. The van der Waals surface area contributed by atoms with Crippen LogP contribution in [0, 0.1) is 0 Å². The van der Waals surface area contributed by atoms with Gasteiger partial charge in [-0.3, -0.25) is 0 Å². The normalized spacial score (nSPS) is 27.3. The van der Waals surface area contributed by atoms with Crippen LogP contribution in [-0.2, 0) is 12.0 Å². The molecule has 0 aromatic carbocycles. The van der Waals surface area contributed by atoms with Gasteiger partial charge < -0.3 is 15.8 Å². The minimum atomic E-state index is -0.864. The first kappa shape index (κ1) is 9.06. The second kappa shape index (κ2) is 3.01. The number of rotatable bonds is 1. The van der Waals surface area contributed by atoms with Crippen LogP contribution in [0.3, 0.4) is 0 Å². The van der Waals surface area contributed by atoms with Crippen molar-refractivity contribution in [2.24, 2.45) is 5.73 Å². The van der Waals surface area contributed by atoms with Crippen LogP contribution < -0.4 is 5.73 Å². The molecule has 0 fully saturated rings. The summed E-state index contributed by atoms with van der Waals surface area (Å²) in [5.41, 5.74) is 6.60. The van der Waals surface area contributed by atoms with E-state index in [-0.39, 0.29) is 6.54 Å². The zero-order valence-corrected chi connectivity index (χ0v) is 8.06. The van der Waals surface area contributed by atoms with Gasteiger partial charge in [-0.1, -0.05) is 11.6 Å². The molecule has 1 aliphatic carbocycles. The Balaban J connectivity index is 2.49. The molecule has 0 amide bonds. The third kappa shape index (κ3) is 1.27. The van der Waals surface area contributed by atoms with Gasteiger partial charge in [0.1, 0.15) is 10.8 Å². The number of hydrogen-bond acceptors (Lipinski definition) is 2. The standard InChI is InChI=1S/C9H13ClN2O/c10-8-6-2-1-3-9(13,5-11)7(6)4-12-8/h4,12-13H,1-3,5,11H2. The van der Waals surface area contributed by atoms with Crippen molar-refractivity contribution < 1.29 is 5.11 Å². The van der Waals surface area contributed by atoms with Gasteiger partial charge in [0.2, 0.25) is 0 Å². The molecule has 13 heavy (non-hydrogen) atoms. The smallest absolute Gasteiger partial charge is 0.109 e. The van der Waals surface area contributed by atoms with Crippen molar-refractivity contribution in [2.45, 2.75) is 24.9 Å². The van der Waals surface area contributed by atoms with E-state index < -0.39 is 5.60 Å². The summed E-state index contributed by atoms with van der Waals surface area (Å²) in [7, 11) is 0. The molecule has 0 saturated carbocycles. The average Bonchev–Trinajstić information content (AvgIpc) is 2.50. The van der Waals surface area contributed by atoms with Crippen LogP contribution in [0.2, 0.25) is 5.15 Å². The quantitative estimate of drug-likeness (QED) is 0.637. The van der Waals surface area contributed by atoms with Gasteiger partial charge in [-0.2, -0.15) is 0 Å². The highest BCUT2D eigenvalue weighted by molar-refractivity contribution is 6.30. The van der Waals surface area contributed by atoms with Crippen LogP contribution >= 0.6 is 11.6 Å². The third-order valence-electron chi connectivity index (χ3n) is 2.79. The lowest BCUT2D eigenvalue weighted by Gasteiger charge is -2.31. The van der Waals surface area contributed by atoms with E-state index >= 15 is 0 Å². The second-order valence-corrected chi connectivity index (χ2v) is 3.96. The molecule has 2 rings (SSSR count). The van der Waals surface area contributed by atoms with Gasteiger partial charge in [-0.05, 0) is 24.8 Å². The first-order chi connectivity index (χ1) is 6.17. The lowest BCUT2D eigenvalue weighted by molar-refractivity contribution is 0.0283. The fourth-order valence-corrected chi connectivity index (χ4v) is 2.24. The van der Waals surface area contributed by atoms with Crippen molar-refractivity contribution in [2.75, 3.05) is 6.54 Å². The number of H-pyrrole nitrogens is 1. The Labute approximate surface area is 81.9 Å². The van der Waals surface area contributed by atoms with E-state index in [9.17, 15) is 5.11 Å². The number of hydrogen-bond donors (Lipinski definition) is 3. The van der Waals surface area contributed by atoms with E-state index in [1.807, 2.05) is 0 Å². The van der Waals surface area contributed by atoms with E-state index in [1.54, 1.807) is 6.20 Å². The summed E-state index contributed by atoms with van der Waals surface area (Å²) in [4.78, 5) is 2.92. The van der Waals surface area contributed by atoms with Crippen LogP contribution in [0.5, 0.6) is 0 Å². The maximum atomic E-state index is 10.1. The Morgan fingerprint density at radius 1 is 1.69 bits per heavy atom. The minimum Gasteiger partial charge on any atom is -0.384 e. The zero-order valence-electron chi connectivity index (χ0n) is 7.31. The number of halogens is 1. The highest BCUT2D eigenvalue weighted by atomic mass is 35.5. The van der Waals surface area contributed by atoms with Gasteiger partial charge in [0.15, 0.2) is 0 Å². The fourth-order valence-electron chi connectivity index (χ4n) is 1.99. The summed E-state index contributed by atoms with van der Waals surface area (Å²) < 4.78 is 0. The van der Waals surface area contributed by atoms with Crippen LogP contribution in [-0.4, -0.2) is 16.6 Å². The lowest BCUT2D eigenvalue weighted by atomic mass is 9.81. The highest BCUT2D eigenvalue weighted by Crippen LogP contribution is 2.37. The summed E-state index contributed by atoms with van der Waals surface area (Å²) in [5.74, 6) is 0. The Morgan fingerprint density at radius 3 is 3.15 bits per heavy atom. The molecule has 1 aliphatic rings. The van der Waals surface area contributed by atoms with Crippen molar-refractivity contribution in [1.29, 1.82) is 0 Å². The first-order valence-electron chi connectivity index (χ1n) is 4.46. The Kier molecular flexibility index (Phi) is 2.10. The van der Waals surface area contributed by atoms with E-state index in [1.165, 1.54) is 0 Å². The van der Waals surface area contributed by atoms with E-state index in [0.29, 0.717) is 5.15 Å². The molecular weight excluding hydrogens is 188 g/mol. The summed E-state index contributed by atoms with van der Waals surface area (Å²) in [5, 5.41) is 10.8. The van der Waals surface area contributed by atoms with Gasteiger partial charge >= 0.3 is 0 Å². The zero-order chi connectivity index (χ0) is 9.47. The molecule has 72 valence electrons. The Hall–Kier alpha value is -0.510. The Bertz CT molecular complexity index is 323. The summed E-state index contributed by atoms with van der Waals surface area (Å²) >= 11 is 5.93. The van der Waals surface area contributed by atoms with Crippen molar-refractivity contribution in [3.63, 3.8) is 0 Å². The van der Waals surface area contributed by atoms with Crippen molar-refractivity contribution >= 4 is 11.6 Å². The maximum absolute atomic E-state index is 10.1.